The Morgan fingerprint density at radius 3 is 2.79 bits per heavy atom. The van der Waals surface area contributed by atoms with Crippen LogP contribution in [0, 0.1) is 21.4 Å². The van der Waals surface area contributed by atoms with Crippen molar-refractivity contribution in [3.63, 3.8) is 0 Å². The van der Waals surface area contributed by atoms with Gasteiger partial charge in [-0.3, -0.25) is 14.9 Å². The summed E-state index contributed by atoms with van der Waals surface area (Å²) in [5.41, 5.74) is -0.263. The second-order valence-corrected chi connectivity index (χ2v) is 5.57. The zero-order valence-electron chi connectivity index (χ0n) is 13.4. The number of halogens is 1. The summed E-state index contributed by atoms with van der Waals surface area (Å²) in [4.78, 5) is 24.2. The molecule has 0 atom stereocenters. The molecule has 0 aliphatic heterocycles. The number of carbonyl (C=O) groups is 1. The first-order chi connectivity index (χ1) is 11.3. The molecule has 1 aromatic carbocycles. The first kappa shape index (κ1) is 19.4. The van der Waals surface area contributed by atoms with E-state index in [1.165, 1.54) is 18.3 Å². The highest BCUT2D eigenvalue weighted by Crippen LogP contribution is 2.27. The van der Waals surface area contributed by atoms with Crippen LogP contribution >= 0.6 is 11.6 Å². The van der Waals surface area contributed by atoms with Gasteiger partial charge in [-0.15, -0.1) is 0 Å². The van der Waals surface area contributed by atoms with Gasteiger partial charge in [-0.2, -0.15) is 5.26 Å². The lowest BCUT2D eigenvalue weighted by molar-refractivity contribution is -0.384. The van der Waals surface area contributed by atoms with E-state index in [2.05, 4.69) is 10.6 Å². The molecule has 24 heavy (non-hydrogen) atoms. The zero-order chi connectivity index (χ0) is 18.1. The van der Waals surface area contributed by atoms with Gasteiger partial charge in [0.05, 0.1) is 4.92 Å². The number of nitro benzene ring substituents is 1. The molecule has 1 rings (SSSR count). The van der Waals surface area contributed by atoms with E-state index < -0.39 is 10.8 Å². The van der Waals surface area contributed by atoms with E-state index in [1.807, 2.05) is 19.0 Å². The first-order valence-corrected chi connectivity index (χ1v) is 7.46. The fourth-order valence-electron chi connectivity index (χ4n) is 1.75. The number of nitro groups is 1. The Kier molecular flexibility index (Phi) is 7.68. The lowest BCUT2D eigenvalue weighted by atomic mass is 10.2. The van der Waals surface area contributed by atoms with E-state index in [4.69, 9.17) is 16.9 Å². The third-order valence-electron chi connectivity index (χ3n) is 2.94. The van der Waals surface area contributed by atoms with Crippen LogP contribution < -0.4 is 10.6 Å². The lowest BCUT2D eigenvalue weighted by Crippen LogP contribution is -2.20. The van der Waals surface area contributed by atoms with Crippen molar-refractivity contribution in [2.75, 3.05) is 32.5 Å². The van der Waals surface area contributed by atoms with Gasteiger partial charge < -0.3 is 15.5 Å². The van der Waals surface area contributed by atoms with Gasteiger partial charge in [0.2, 0.25) is 0 Å². The summed E-state index contributed by atoms with van der Waals surface area (Å²) in [6.07, 6.45) is 2.18. The van der Waals surface area contributed by atoms with Crippen LogP contribution in [0.4, 0.5) is 11.4 Å². The number of nitrogens with one attached hydrogen (secondary N) is 2. The normalized spacial score (nSPS) is 11.0. The molecule has 0 aliphatic carbocycles. The van der Waals surface area contributed by atoms with Crippen LogP contribution in [-0.2, 0) is 4.79 Å². The SMILES string of the molecule is CN(C)CCCN/C=C(/C#N)C(=O)Nc1ccc(Cl)c([N+](=O)[O-])c1. The van der Waals surface area contributed by atoms with Crippen molar-refractivity contribution in [1.82, 2.24) is 10.2 Å². The Bertz CT molecular complexity index is 682. The van der Waals surface area contributed by atoms with E-state index in [-0.39, 0.29) is 22.0 Å². The molecule has 0 radical (unpaired) electrons. The van der Waals surface area contributed by atoms with Gasteiger partial charge >= 0.3 is 0 Å². The van der Waals surface area contributed by atoms with Crippen molar-refractivity contribution in [2.45, 2.75) is 6.42 Å². The molecule has 0 bridgehead atoms. The molecule has 0 aromatic heterocycles. The summed E-state index contributed by atoms with van der Waals surface area (Å²) >= 11 is 5.71. The second kappa shape index (κ2) is 9.50. The third kappa shape index (κ3) is 6.24. The van der Waals surface area contributed by atoms with E-state index >= 15 is 0 Å². The van der Waals surface area contributed by atoms with Crippen LogP contribution in [0.25, 0.3) is 0 Å². The minimum atomic E-state index is -0.658. The number of nitriles is 1. The maximum Gasteiger partial charge on any atom is 0.289 e. The zero-order valence-corrected chi connectivity index (χ0v) is 14.1. The van der Waals surface area contributed by atoms with Gasteiger partial charge in [0.25, 0.3) is 11.6 Å². The summed E-state index contributed by atoms with van der Waals surface area (Å²) in [5.74, 6) is -0.658. The number of hydrogen-bond donors (Lipinski definition) is 2. The molecule has 9 heteroatoms. The van der Waals surface area contributed by atoms with E-state index in [0.29, 0.717) is 6.54 Å². The van der Waals surface area contributed by atoms with Crippen LogP contribution in [-0.4, -0.2) is 42.9 Å². The molecule has 1 amide bonds. The second-order valence-electron chi connectivity index (χ2n) is 5.16. The summed E-state index contributed by atoms with van der Waals surface area (Å²) in [5, 5.41) is 25.2. The molecule has 1 aromatic rings. The molecule has 8 nitrogen and oxygen atoms in total. The fraction of sp³-hybridized carbons (Fsp3) is 0.333. The van der Waals surface area contributed by atoms with Crippen LogP contribution in [0.3, 0.4) is 0 Å². The number of benzene rings is 1. The average Bonchev–Trinajstić information content (AvgIpc) is 2.52. The number of carbonyl (C=O) groups excluding carboxylic acids is 1. The number of nitrogens with zero attached hydrogens (tertiary/aromatic N) is 3. The van der Waals surface area contributed by atoms with E-state index in [0.717, 1.165) is 19.0 Å². The predicted molar refractivity (Wildman–Crippen MR) is 91.6 cm³/mol. The molecule has 0 fully saturated rings. The van der Waals surface area contributed by atoms with Crippen LogP contribution in [0.5, 0.6) is 0 Å². The van der Waals surface area contributed by atoms with Crippen molar-refractivity contribution < 1.29 is 9.72 Å². The number of amides is 1. The summed E-state index contributed by atoms with van der Waals surface area (Å²) in [6, 6.07) is 5.66. The van der Waals surface area contributed by atoms with Gasteiger partial charge in [0.1, 0.15) is 16.7 Å². The Morgan fingerprint density at radius 2 is 2.21 bits per heavy atom. The predicted octanol–water partition coefficient (Wildman–Crippen LogP) is 2.14. The molecule has 0 heterocycles. The van der Waals surface area contributed by atoms with E-state index in [1.54, 1.807) is 6.07 Å². The monoisotopic (exact) mass is 351 g/mol. The molecule has 0 spiro atoms. The summed E-state index contributed by atoms with van der Waals surface area (Å²) < 4.78 is 0. The number of rotatable bonds is 8. The third-order valence-corrected chi connectivity index (χ3v) is 3.26. The van der Waals surface area contributed by atoms with Crippen LogP contribution in [0.1, 0.15) is 6.42 Å². The molecule has 0 aliphatic rings. The van der Waals surface area contributed by atoms with Crippen LogP contribution in [0.15, 0.2) is 30.0 Å². The van der Waals surface area contributed by atoms with Gasteiger partial charge in [-0.25, -0.2) is 0 Å². The minimum absolute atomic E-state index is 0.0309. The maximum atomic E-state index is 12.0. The first-order valence-electron chi connectivity index (χ1n) is 7.09. The fourth-order valence-corrected chi connectivity index (χ4v) is 1.94. The Morgan fingerprint density at radius 1 is 1.50 bits per heavy atom. The minimum Gasteiger partial charge on any atom is -0.390 e. The van der Waals surface area contributed by atoms with Gasteiger partial charge in [-0.05, 0) is 39.2 Å². The molecule has 128 valence electrons. The van der Waals surface area contributed by atoms with Gasteiger partial charge in [0, 0.05) is 24.5 Å². The Hall–Kier alpha value is -2.63. The standard InChI is InChI=1S/C15H18ClN5O3/c1-20(2)7-3-6-18-10-11(9-17)15(22)19-12-4-5-13(16)14(8-12)21(23)24/h4-5,8,10,18H,3,6-7H2,1-2H3,(H,19,22)/b11-10-. The Balaban J connectivity index is 2.69. The lowest BCUT2D eigenvalue weighted by Gasteiger charge is -2.09. The average molecular weight is 352 g/mol. The van der Waals surface area contributed by atoms with E-state index in [9.17, 15) is 14.9 Å². The van der Waals surface area contributed by atoms with Crippen molar-refractivity contribution in [3.05, 3.63) is 45.1 Å². The molecular formula is C15H18ClN5O3. The molecule has 0 saturated heterocycles. The molecule has 0 saturated carbocycles. The highest BCUT2D eigenvalue weighted by molar-refractivity contribution is 6.32. The van der Waals surface area contributed by atoms with Crippen molar-refractivity contribution in [3.8, 4) is 6.07 Å². The Labute approximate surface area is 144 Å². The van der Waals surface area contributed by atoms with Crippen LogP contribution in [0.2, 0.25) is 5.02 Å². The summed E-state index contributed by atoms with van der Waals surface area (Å²) in [7, 11) is 3.91. The molecule has 2 N–H and O–H groups in total. The smallest absolute Gasteiger partial charge is 0.289 e. The highest BCUT2D eigenvalue weighted by Gasteiger charge is 2.15. The quantitative estimate of drug-likeness (QED) is 0.244. The molecule has 0 unspecified atom stereocenters. The highest BCUT2D eigenvalue weighted by atomic mass is 35.5. The van der Waals surface area contributed by atoms with Crippen molar-refractivity contribution in [2.24, 2.45) is 0 Å². The van der Waals surface area contributed by atoms with Gasteiger partial charge in [0.15, 0.2) is 0 Å². The van der Waals surface area contributed by atoms with Crippen molar-refractivity contribution in [1.29, 1.82) is 5.26 Å². The van der Waals surface area contributed by atoms with Gasteiger partial charge in [-0.1, -0.05) is 11.6 Å². The van der Waals surface area contributed by atoms with Crippen molar-refractivity contribution >= 4 is 28.9 Å². The number of anilines is 1. The number of hydrogen-bond acceptors (Lipinski definition) is 6. The summed E-state index contributed by atoms with van der Waals surface area (Å²) in [6.45, 7) is 1.49. The maximum absolute atomic E-state index is 12.0. The topological polar surface area (TPSA) is 111 Å². The largest absolute Gasteiger partial charge is 0.390 e. The molecular weight excluding hydrogens is 334 g/mol.